The standard InChI is InChI=1S/C29H40N2O5/c1-5-35-26(27(32)33)19-21-9-13-25(14-10-21)36-18-17-31(16-15-29(2,3)4)28(34)30-24-12-11-22-7-6-8-23(22)20-24/h9-14,20,26H,5-8,15-19H2,1-4H3,(H,30,34)(H,32,33). The molecule has 0 heterocycles. The lowest BCUT2D eigenvalue weighted by atomic mass is 9.92. The minimum absolute atomic E-state index is 0.109. The number of hydrogen-bond acceptors (Lipinski definition) is 4. The molecule has 0 saturated heterocycles. The summed E-state index contributed by atoms with van der Waals surface area (Å²) < 4.78 is 11.2. The molecule has 1 unspecified atom stereocenters. The maximum atomic E-state index is 13.1. The van der Waals surface area contributed by atoms with Gasteiger partial charge in [-0.15, -0.1) is 0 Å². The summed E-state index contributed by atoms with van der Waals surface area (Å²) in [6, 6.07) is 13.4. The van der Waals surface area contributed by atoms with Gasteiger partial charge in [-0.2, -0.15) is 0 Å². The fourth-order valence-corrected chi connectivity index (χ4v) is 4.27. The average Bonchev–Trinajstić information content (AvgIpc) is 3.29. The quantitative estimate of drug-likeness (QED) is 0.402. The van der Waals surface area contributed by atoms with Crippen LogP contribution in [-0.2, 0) is 28.8 Å². The first-order chi connectivity index (χ1) is 17.1. The van der Waals surface area contributed by atoms with Gasteiger partial charge in [-0.05, 0) is 79.0 Å². The predicted octanol–water partition coefficient (Wildman–Crippen LogP) is 5.56. The molecule has 7 heteroatoms. The van der Waals surface area contributed by atoms with E-state index in [1.807, 2.05) is 35.2 Å². The lowest BCUT2D eigenvalue weighted by Crippen LogP contribution is -2.39. The summed E-state index contributed by atoms with van der Waals surface area (Å²) in [6.45, 7) is 10.1. The Morgan fingerprint density at radius 3 is 2.44 bits per heavy atom. The van der Waals surface area contributed by atoms with Crippen molar-refractivity contribution in [2.45, 2.75) is 65.9 Å². The van der Waals surface area contributed by atoms with Crippen LogP contribution >= 0.6 is 0 Å². The van der Waals surface area contributed by atoms with Crippen molar-refractivity contribution >= 4 is 17.7 Å². The van der Waals surface area contributed by atoms with Gasteiger partial charge < -0.3 is 24.8 Å². The van der Waals surface area contributed by atoms with Crippen molar-refractivity contribution in [3.05, 3.63) is 59.2 Å². The molecule has 2 aromatic carbocycles. The van der Waals surface area contributed by atoms with Crippen molar-refractivity contribution in [2.24, 2.45) is 5.41 Å². The Hall–Kier alpha value is -3.06. The van der Waals surface area contributed by atoms with Gasteiger partial charge in [-0.25, -0.2) is 9.59 Å². The zero-order valence-corrected chi connectivity index (χ0v) is 22.0. The molecule has 0 aromatic heterocycles. The van der Waals surface area contributed by atoms with Crippen molar-refractivity contribution in [3.8, 4) is 5.75 Å². The van der Waals surface area contributed by atoms with E-state index in [0.717, 1.165) is 30.5 Å². The summed E-state index contributed by atoms with van der Waals surface area (Å²) in [5.74, 6) is -0.289. The highest BCUT2D eigenvalue weighted by Gasteiger charge is 2.20. The lowest BCUT2D eigenvalue weighted by molar-refractivity contribution is -0.149. The summed E-state index contributed by atoms with van der Waals surface area (Å²) in [6.07, 6.45) is 3.68. The third-order valence-corrected chi connectivity index (χ3v) is 6.39. The number of carboxylic acid groups (broad SMARTS) is 1. The smallest absolute Gasteiger partial charge is 0.333 e. The molecular weight excluding hydrogens is 456 g/mol. The molecular formula is C29H40N2O5. The third kappa shape index (κ3) is 8.55. The highest BCUT2D eigenvalue weighted by molar-refractivity contribution is 5.89. The number of nitrogens with one attached hydrogen (secondary N) is 1. The van der Waals surface area contributed by atoms with Crippen LogP contribution in [0, 0.1) is 5.41 Å². The van der Waals surface area contributed by atoms with Crippen molar-refractivity contribution in [2.75, 3.05) is 31.6 Å². The van der Waals surface area contributed by atoms with E-state index < -0.39 is 12.1 Å². The summed E-state index contributed by atoms with van der Waals surface area (Å²) in [4.78, 5) is 26.3. The Kier molecular flexibility index (Phi) is 9.76. The zero-order valence-electron chi connectivity index (χ0n) is 22.0. The van der Waals surface area contributed by atoms with E-state index in [9.17, 15) is 14.7 Å². The van der Waals surface area contributed by atoms with Crippen LogP contribution in [-0.4, -0.2) is 54.4 Å². The number of amides is 2. The fraction of sp³-hybridized carbons (Fsp3) is 0.517. The highest BCUT2D eigenvalue weighted by atomic mass is 16.5. The molecule has 36 heavy (non-hydrogen) atoms. The molecule has 196 valence electrons. The van der Waals surface area contributed by atoms with Gasteiger partial charge in [0.15, 0.2) is 6.10 Å². The molecule has 1 atom stereocenters. The first-order valence-corrected chi connectivity index (χ1v) is 12.9. The summed E-state index contributed by atoms with van der Waals surface area (Å²) in [5, 5.41) is 12.3. The molecule has 1 aliphatic rings. The van der Waals surface area contributed by atoms with Crippen LogP contribution in [0.15, 0.2) is 42.5 Å². The number of fused-ring (bicyclic) bond motifs is 1. The minimum atomic E-state index is -0.967. The molecule has 1 aliphatic carbocycles. The van der Waals surface area contributed by atoms with Gasteiger partial charge in [0.1, 0.15) is 12.4 Å². The van der Waals surface area contributed by atoms with E-state index in [0.29, 0.717) is 38.5 Å². The van der Waals surface area contributed by atoms with Gasteiger partial charge >= 0.3 is 12.0 Å². The van der Waals surface area contributed by atoms with E-state index in [4.69, 9.17) is 9.47 Å². The van der Waals surface area contributed by atoms with Crippen LogP contribution < -0.4 is 10.1 Å². The molecule has 3 rings (SSSR count). The van der Waals surface area contributed by atoms with Gasteiger partial charge in [0.25, 0.3) is 0 Å². The van der Waals surface area contributed by atoms with E-state index in [2.05, 4.69) is 38.2 Å². The number of carbonyl (C=O) groups excluding carboxylic acids is 1. The zero-order chi connectivity index (χ0) is 26.1. The number of aryl methyl sites for hydroxylation is 2. The summed E-state index contributed by atoms with van der Waals surface area (Å²) >= 11 is 0. The van der Waals surface area contributed by atoms with Gasteiger partial charge in [0.05, 0.1) is 6.54 Å². The van der Waals surface area contributed by atoms with Crippen LogP contribution in [0.1, 0.15) is 57.2 Å². The largest absolute Gasteiger partial charge is 0.492 e. The molecule has 2 N–H and O–H groups in total. The van der Waals surface area contributed by atoms with Crippen LogP contribution in [0.5, 0.6) is 5.75 Å². The van der Waals surface area contributed by atoms with Crippen molar-refractivity contribution in [1.29, 1.82) is 0 Å². The number of benzene rings is 2. The first kappa shape index (κ1) is 27.5. The summed E-state index contributed by atoms with van der Waals surface area (Å²) in [7, 11) is 0. The van der Waals surface area contributed by atoms with Gasteiger partial charge in [0, 0.05) is 25.3 Å². The Morgan fingerprint density at radius 1 is 1.06 bits per heavy atom. The Morgan fingerprint density at radius 2 is 1.78 bits per heavy atom. The molecule has 2 amide bonds. The van der Waals surface area contributed by atoms with E-state index in [1.54, 1.807) is 6.92 Å². The van der Waals surface area contributed by atoms with Gasteiger partial charge in [-0.3, -0.25) is 0 Å². The van der Waals surface area contributed by atoms with Crippen LogP contribution in [0.4, 0.5) is 10.5 Å². The Labute approximate surface area is 214 Å². The monoisotopic (exact) mass is 496 g/mol. The topological polar surface area (TPSA) is 88.1 Å². The number of rotatable bonds is 12. The molecule has 2 aromatic rings. The molecule has 0 fully saturated rings. The number of carboxylic acids is 1. The van der Waals surface area contributed by atoms with E-state index in [-0.39, 0.29) is 11.4 Å². The second-order valence-electron chi connectivity index (χ2n) is 10.5. The number of carbonyl (C=O) groups is 2. The van der Waals surface area contributed by atoms with Crippen molar-refractivity contribution < 1.29 is 24.2 Å². The van der Waals surface area contributed by atoms with Gasteiger partial charge in [0.2, 0.25) is 0 Å². The second kappa shape index (κ2) is 12.8. The number of nitrogens with zero attached hydrogens (tertiary/aromatic N) is 1. The van der Waals surface area contributed by atoms with E-state index >= 15 is 0 Å². The number of urea groups is 1. The molecule has 0 bridgehead atoms. The van der Waals surface area contributed by atoms with E-state index in [1.165, 1.54) is 17.5 Å². The second-order valence-corrected chi connectivity index (χ2v) is 10.5. The molecule has 0 radical (unpaired) electrons. The SMILES string of the molecule is CCOC(Cc1ccc(OCCN(CCC(C)(C)C)C(=O)Nc2ccc3c(c2)CCC3)cc1)C(=O)O. The van der Waals surface area contributed by atoms with Crippen molar-refractivity contribution in [3.63, 3.8) is 0 Å². The molecule has 0 saturated carbocycles. The van der Waals surface area contributed by atoms with Crippen LogP contribution in [0.3, 0.4) is 0 Å². The van der Waals surface area contributed by atoms with Gasteiger partial charge in [-0.1, -0.05) is 39.0 Å². The number of aliphatic carboxylic acids is 1. The number of ether oxygens (including phenoxy) is 2. The highest BCUT2D eigenvalue weighted by Crippen LogP contribution is 2.25. The molecule has 7 nitrogen and oxygen atoms in total. The molecule has 0 spiro atoms. The van der Waals surface area contributed by atoms with Crippen molar-refractivity contribution in [1.82, 2.24) is 4.90 Å². The maximum Gasteiger partial charge on any atom is 0.333 e. The number of hydrogen-bond donors (Lipinski definition) is 2. The average molecular weight is 497 g/mol. The summed E-state index contributed by atoms with van der Waals surface area (Å²) in [5.41, 5.74) is 4.52. The normalized spacial score (nSPS) is 13.7. The maximum absolute atomic E-state index is 13.1. The predicted molar refractivity (Wildman–Crippen MR) is 142 cm³/mol. The van der Waals surface area contributed by atoms with Crippen LogP contribution in [0.25, 0.3) is 0 Å². The third-order valence-electron chi connectivity index (χ3n) is 6.39. The minimum Gasteiger partial charge on any atom is -0.492 e. The Bertz CT molecular complexity index is 1010. The van der Waals surface area contributed by atoms with Crippen LogP contribution in [0.2, 0.25) is 0 Å². The lowest BCUT2D eigenvalue weighted by Gasteiger charge is -2.27. The first-order valence-electron chi connectivity index (χ1n) is 12.9. The fourth-order valence-electron chi connectivity index (χ4n) is 4.27. The Balaban J connectivity index is 1.56. The number of anilines is 1. The molecule has 0 aliphatic heterocycles.